The van der Waals surface area contributed by atoms with Gasteiger partial charge in [0.1, 0.15) is 5.75 Å². The van der Waals surface area contributed by atoms with Crippen molar-refractivity contribution < 1.29 is 14.3 Å². The van der Waals surface area contributed by atoms with E-state index in [1.807, 2.05) is 29.2 Å². The van der Waals surface area contributed by atoms with Crippen molar-refractivity contribution in [1.82, 2.24) is 15.2 Å². The fourth-order valence-electron chi connectivity index (χ4n) is 4.01. The number of thiazole rings is 1. The van der Waals surface area contributed by atoms with E-state index in [0.717, 1.165) is 67.6 Å². The summed E-state index contributed by atoms with van der Waals surface area (Å²) in [6.45, 7) is 5.28. The van der Waals surface area contributed by atoms with Crippen molar-refractivity contribution in [2.45, 2.75) is 32.7 Å². The molecule has 1 saturated heterocycles. The molecule has 160 valence electrons. The Kier molecular flexibility index (Phi) is 6.22. The van der Waals surface area contributed by atoms with Gasteiger partial charge in [-0.15, -0.1) is 11.3 Å². The number of hydrogen-bond donors (Lipinski definition) is 1. The molecule has 30 heavy (non-hydrogen) atoms. The molecule has 0 bridgehead atoms. The van der Waals surface area contributed by atoms with Gasteiger partial charge in [-0.25, -0.2) is 4.98 Å². The van der Waals surface area contributed by atoms with E-state index in [9.17, 15) is 9.59 Å². The van der Waals surface area contributed by atoms with Gasteiger partial charge in [-0.1, -0.05) is 12.1 Å². The van der Waals surface area contributed by atoms with Crippen molar-refractivity contribution in [3.05, 3.63) is 40.4 Å². The summed E-state index contributed by atoms with van der Waals surface area (Å²) in [5.74, 6) is 1.06. The SMILES string of the molecule is COc1ccc(CNC(=O)[C@H]2CCc3nc(N4CCN(C(C)=O)CC4)sc3C2)cc1. The number of aryl methyl sites for hydroxylation is 1. The molecule has 7 nitrogen and oxygen atoms in total. The molecule has 2 aliphatic rings. The molecule has 2 aromatic rings. The average Bonchev–Trinajstić information content (AvgIpc) is 3.21. The van der Waals surface area contributed by atoms with E-state index in [2.05, 4.69) is 10.2 Å². The lowest BCUT2D eigenvalue weighted by molar-refractivity contribution is -0.129. The highest BCUT2D eigenvalue weighted by Crippen LogP contribution is 2.34. The number of carbonyl (C=O) groups excluding carboxylic acids is 2. The molecule has 2 heterocycles. The van der Waals surface area contributed by atoms with Crippen molar-refractivity contribution >= 4 is 28.3 Å². The van der Waals surface area contributed by atoms with Crippen molar-refractivity contribution in [3.63, 3.8) is 0 Å². The van der Waals surface area contributed by atoms with Crippen LogP contribution >= 0.6 is 11.3 Å². The van der Waals surface area contributed by atoms with Gasteiger partial charge in [0, 0.05) is 50.4 Å². The Labute approximate surface area is 181 Å². The number of fused-ring (bicyclic) bond motifs is 1. The van der Waals surface area contributed by atoms with Gasteiger partial charge in [0.2, 0.25) is 11.8 Å². The molecule has 0 saturated carbocycles. The first-order valence-electron chi connectivity index (χ1n) is 10.4. The fraction of sp³-hybridized carbons (Fsp3) is 0.500. The molecule has 0 unspecified atom stereocenters. The number of carbonyl (C=O) groups is 2. The van der Waals surface area contributed by atoms with E-state index >= 15 is 0 Å². The number of anilines is 1. The number of methoxy groups -OCH3 is 1. The maximum Gasteiger partial charge on any atom is 0.223 e. The molecular weight excluding hydrogens is 400 g/mol. The van der Waals surface area contributed by atoms with Gasteiger partial charge in [-0.2, -0.15) is 0 Å². The first kappa shape index (κ1) is 20.7. The molecule has 1 atom stereocenters. The summed E-state index contributed by atoms with van der Waals surface area (Å²) < 4.78 is 5.17. The van der Waals surface area contributed by atoms with Crippen LogP contribution in [0.3, 0.4) is 0 Å². The Hall–Kier alpha value is -2.61. The Morgan fingerprint density at radius 3 is 2.60 bits per heavy atom. The van der Waals surface area contributed by atoms with Crippen molar-refractivity contribution in [1.29, 1.82) is 0 Å². The van der Waals surface area contributed by atoms with Gasteiger partial charge in [0.15, 0.2) is 5.13 Å². The third-order valence-electron chi connectivity index (χ3n) is 5.92. The standard InChI is InChI=1S/C22H28N4O3S/c1-15(27)25-9-11-26(12-10-25)22-24-19-8-5-17(13-20(19)30-22)21(28)23-14-16-3-6-18(29-2)7-4-16/h3-4,6-7,17H,5,8-14H2,1-2H3,(H,23,28)/t17-/m0/s1. The van der Waals surface area contributed by atoms with Gasteiger partial charge >= 0.3 is 0 Å². The molecule has 2 amide bonds. The second-order valence-corrected chi connectivity index (χ2v) is 8.93. The van der Waals surface area contributed by atoms with E-state index < -0.39 is 0 Å². The minimum Gasteiger partial charge on any atom is -0.497 e. The minimum absolute atomic E-state index is 0.00129. The molecule has 1 aliphatic heterocycles. The number of nitrogens with one attached hydrogen (secondary N) is 1. The van der Waals surface area contributed by atoms with Crippen LogP contribution in [0.15, 0.2) is 24.3 Å². The normalized spacial score (nSPS) is 18.7. The summed E-state index contributed by atoms with van der Waals surface area (Å²) in [6, 6.07) is 7.76. The summed E-state index contributed by atoms with van der Waals surface area (Å²) >= 11 is 1.71. The fourth-order valence-corrected chi connectivity index (χ4v) is 5.25. The van der Waals surface area contributed by atoms with E-state index in [4.69, 9.17) is 9.72 Å². The monoisotopic (exact) mass is 428 g/mol. The first-order valence-corrected chi connectivity index (χ1v) is 11.2. The molecular formula is C22H28N4O3S. The summed E-state index contributed by atoms with van der Waals surface area (Å²) in [6.07, 6.45) is 2.44. The molecule has 0 spiro atoms. The van der Waals surface area contributed by atoms with Crippen LogP contribution in [-0.2, 0) is 29.0 Å². The van der Waals surface area contributed by atoms with Gasteiger partial charge in [0.25, 0.3) is 0 Å². The van der Waals surface area contributed by atoms with E-state index in [0.29, 0.717) is 6.54 Å². The number of amides is 2. The third kappa shape index (κ3) is 4.59. The van der Waals surface area contributed by atoms with Crippen LogP contribution in [0.4, 0.5) is 5.13 Å². The molecule has 1 aliphatic carbocycles. The van der Waals surface area contributed by atoms with Gasteiger partial charge in [0.05, 0.1) is 12.8 Å². The van der Waals surface area contributed by atoms with Crippen LogP contribution in [0.2, 0.25) is 0 Å². The predicted octanol–water partition coefficient (Wildman–Crippen LogP) is 2.24. The Morgan fingerprint density at radius 1 is 1.20 bits per heavy atom. The number of nitrogens with zero attached hydrogens (tertiary/aromatic N) is 3. The summed E-state index contributed by atoms with van der Waals surface area (Å²) in [7, 11) is 1.64. The maximum absolute atomic E-state index is 12.7. The zero-order valence-corrected chi connectivity index (χ0v) is 18.3. The number of benzene rings is 1. The highest BCUT2D eigenvalue weighted by Gasteiger charge is 2.29. The highest BCUT2D eigenvalue weighted by atomic mass is 32.1. The van der Waals surface area contributed by atoms with Crippen LogP contribution in [0.5, 0.6) is 5.75 Å². The van der Waals surface area contributed by atoms with Crippen LogP contribution in [0.1, 0.15) is 29.5 Å². The lowest BCUT2D eigenvalue weighted by Crippen LogP contribution is -2.48. The molecule has 1 fully saturated rings. The average molecular weight is 429 g/mol. The predicted molar refractivity (Wildman–Crippen MR) is 117 cm³/mol. The Bertz CT molecular complexity index is 904. The number of hydrogen-bond acceptors (Lipinski definition) is 6. The van der Waals surface area contributed by atoms with Crippen molar-refractivity contribution in [2.24, 2.45) is 5.92 Å². The van der Waals surface area contributed by atoms with E-state index in [-0.39, 0.29) is 17.7 Å². The summed E-state index contributed by atoms with van der Waals surface area (Å²) in [5.41, 5.74) is 2.20. The lowest BCUT2D eigenvalue weighted by atomic mass is 9.90. The number of aromatic nitrogens is 1. The minimum atomic E-state index is -0.00129. The molecule has 8 heteroatoms. The van der Waals surface area contributed by atoms with Crippen LogP contribution in [0.25, 0.3) is 0 Å². The molecule has 1 aromatic heterocycles. The number of rotatable bonds is 5. The number of piperazine rings is 1. The molecule has 1 aromatic carbocycles. The largest absolute Gasteiger partial charge is 0.497 e. The zero-order valence-electron chi connectivity index (χ0n) is 17.5. The second-order valence-electron chi connectivity index (χ2n) is 7.87. The first-order chi connectivity index (χ1) is 14.5. The summed E-state index contributed by atoms with van der Waals surface area (Å²) in [5, 5.41) is 4.11. The zero-order chi connectivity index (χ0) is 21.1. The van der Waals surface area contributed by atoms with Gasteiger partial charge in [-0.05, 0) is 37.0 Å². The van der Waals surface area contributed by atoms with Crippen LogP contribution in [0, 0.1) is 5.92 Å². The van der Waals surface area contributed by atoms with E-state index in [1.165, 1.54) is 4.88 Å². The summed E-state index contributed by atoms with van der Waals surface area (Å²) in [4.78, 5) is 34.5. The molecule has 1 N–H and O–H groups in total. The highest BCUT2D eigenvalue weighted by molar-refractivity contribution is 7.15. The second kappa shape index (κ2) is 9.04. The number of ether oxygens (including phenoxy) is 1. The lowest BCUT2D eigenvalue weighted by Gasteiger charge is -2.33. The molecule has 0 radical (unpaired) electrons. The smallest absolute Gasteiger partial charge is 0.223 e. The van der Waals surface area contributed by atoms with Crippen LogP contribution < -0.4 is 15.0 Å². The van der Waals surface area contributed by atoms with Gasteiger partial charge in [-0.3, -0.25) is 9.59 Å². The van der Waals surface area contributed by atoms with Crippen molar-refractivity contribution in [3.8, 4) is 5.75 Å². The quantitative estimate of drug-likeness (QED) is 0.791. The Morgan fingerprint density at radius 2 is 1.93 bits per heavy atom. The van der Waals surface area contributed by atoms with Crippen molar-refractivity contribution in [2.75, 3.05) is 38.2 Å². The third-order valence-corrected chi connectivity index (χ3v) is 7.10. The maximum atomic E-state index is 12.7. The molecule has 4 rings (SSSR count). The topological polar surface area (TPSA) is 74.8 Å². The van der Waals surface area contributed by atoms with Crippen LogP contribution in [-0.4, -0.2) is 55.0 Å². The van der Waals surface area contributed by atoms with E-state index in [1.54, 1.807) is 25.4 Å². The van der Waals surface area contributed by atoms with Gasteiger partial charge < -0.3 is 19.9 Å². The Balaban J connectivity index is 1.32.